The number of carbonyl (C=O) groups excluding carboxylic acids is 1. The van der Waals surface area contributed by atoms with E-state index in [0.29, 0.717) is 12.5 Å². The minimum atomic E-state index is -0.448. The van der Waals surface area contributed by atoms with E-state index in [-0.39, 0.29) is 5.70 Å². The average Bonchev–Trinajstić information content (AvgIpc) is 2.95. The third kappa shape index (κ3) is 4.66. The zero-order valence-electron chi connectivity index (χ0n) is 13.8. The van der Waals surface area contributed by atoms with Crippen LogP contribution in [0.5, 0.6) is 5.75 Å². The van der Waals surface area contributed by atoms with Crippen LogP contribution in [0.4, 0.5) is 0 Å². The molecule has 26 heavy (non-hydrogen) atoms. The van der Waals surface area contributed by atoms with E-state index in [2.05, 4.69) is 73.0 Å². The van der Waals surface area contributed by atoms with Crippen molar-refractivity contribution in [2.75, 3.05) is 6.61 Å². The van der Waals surface area contributed by atoms with Crippen LogP contribution in [0.2, 0.25) is 0 Å². The highest BCUT2D eigenvalue weighted by molar-refractivity contribution is 14.1. The fraction of sp³-hybridized carbons (Fsp3) is 0.158. The Hall–Kier alpha value is -0.940. The third-order valence-electron chi connectivity index (χ3n) is 3.47. The number of ether oxygens (including phenoxy) is 2. The van der Waals surface area contributed by atoms with Gasteiger partial charge < -0.3 is 9.47 Å². The van der Waals surface area contributed by atoms with Gasteiger partial charge in [0, 0.05) is 10.0 Å². The summed E-state index contributed by atoms with van der Waals surface area (Å²) in [7, 11) is 0. The number of cyclic esters (lactones) is 1. The van der Waals surface area contributed by atoms with E-state index < -0.39 is 5.97 Å². The van der Waals surface area contributed by atoms with Crippen molar-refractivity contribution in [3.05, 3.63) is 64.8 Å². The first-order chi connectivity index (χ1) is 12.5. The molecule has 1 aliphatic rings. The molecule has 0 saturated carbocycles. The number of esters is 1. The van der Waals surface area contributed by atoms with Crippen LogP contribution in [-0.4, -0.2) is 18.5 Å². The molecule has 2 aromatic rings. The van der Waals surface area contributed by atoms with Gasteiger partial charge in [0.05, 0.1) is 13.7 Å². The monoisotopic (exact) mass is 637 g/mol. The van der Waals surface area contributed by atoms with Gasteiger partial charge in [-0.25, -0.2) is 9.79 Å². The fourth-order valence-corrected chi connectivity index (χ4v) is 4.84. The normalized spacial score (nSPS) is 15.2. The Bertz CT molecular complexity index is 902. The first-order valence-corrected chi connectivity index (χ1v) is 10.8. The second kappa shape index (κ2) is 8.83. The van der Waals surface area contributed by atoms with Crippen LogP contribution in [0.1, 0.15) is 24.5 Å². The summed E-state index contributed by atoms with van der Waals surface area (Å²) in [5, 5.41) is 0. The zero-order chi connectivity index (χ0) is 18.7. The summed E-state index contributed by atoms with van der Waals surface area (Å²) in [6.07, 6.45) is 2.69. The standard InChI is InChI=1S/C19H14BrI2NO3/c1-2-6-25-17-14(21)7-11(8-15(17)22)9-16-19(24)26-18(23-16)12-4-3-5-13(20)10-12/h3-5,7-10H,2,6H2,1H3/b16-9-. The molecular weight excluding hydrogens is 624 g/mol. The first-order valence-electron chi connectivity index (χ1n) is 7.88. The fourth-order valence-electron chi connectivity index (χ4n) is 2.32. The van der Waals surface area contributed by atoms with E-state index in [4.69, 9.17) is 9.47 Å². The minimum absolute atomic E-state index is 0.286. The van der Waals surface area contributed by atoms with Crippen LogP contribution < -0.4 is 4.74 Å². The highest BCUT2D eigenvalue weighted by atomic mass is 127. The van der Waals surface area contributed by atoms with Gasteiger partial charge in [-0.1, -0.05) is 28.9 Å². The maximum Gasteiger partial charge on any atom is 0.363 e. The van der Waals surface area contributed by atoms with E-state index in [1.807, 2.05) is 36.4 Å². The number of aliphatic imine (C=N–C) groups is 1. The average molecular weight is 638 g/mol. The van der Waals surface area contributed by atoms with E-state index >= 15 is 0 Å². The molecule has 0 fully saturated rings. The topological polar surface area (TPSA) is 47.9 Å². The van der Waals surface area contributed by atoms with Crippen molar-refractivity contribution in [3.8, 4) is 5.75 Å². The maximum atomic E-state index is 12.2. The lowest BCUT2D eigenvalue weighted by molar-refractivity contribution is -0.129. The van der Waals surface area contributed by atoms with Gasteiger partial charge in [0.2, 0.25) is 5.90 Å². The lowest BCUT2D eigenvalue weighted by Gasteiger charge is -2.10. The molecule has 2 aromatic carbocycles. The van der Waals surface area contributed by atoms with Crippen molar-refractivity contribution in [2.45, 2.75) is 13.3 Å². The molecule has 0 atom stereocenters. The van der Waals surface area contributed by atoms with E-state index in [0.717, 1.165) is 34.9 Å². The van der Waals surface area contributed by atoms with Crippen molar-refractivity contribution in [3.63, 3.8) is 0 Å². The first kappa shape index (κ1) is 19.8. The van der Waals surface area contributed by atoms with Crippen molar-refractivity contribution < 1.29 is 14.3 Å². The zero-order valence-corrected chi connectivity index (χ0v) is 19.7. The van der Waals surface area contributed by atoms with Crippen LogP contribution >= 0.6 is 61.1 Å². The van der Waals surface area contributed by atoms with Crippen LogP contribution in [-0.2, 0) is 9.53 Å². The Kier molecular flexibility index (Phi) is 6.73. The van der Waals surface area contributed by atoms with Crippen LogP contribution in [0, 0.1) is 7.14 Å². The lowest BCUT2D eigenvalue weighted by Crippen LogP contribution is -2.05. The quantitative estimate of drug-likeness (QED) is 0.237. The summed E-state index contributed by atoms with van der Waals surface area (Å²) in [6.45, 7) is 2.75. The van der Waals surface area contributed by atoms with Gasteiger partial charge in [0.25, 0.3) is 0 Å². The lowest BCUT2D eigenvalue weighted by atomic mass is 10.2. The van der Waals surface area contributed by atoms with E-state index in [9.17, 15) is 4.79 Å². The summed E-state index contributed by atoms with van der Waals surface area (Å²) >= 11 is 7.90. The molecular formula is C19H14BrI2NO3. The molecule has 1 heterocycles. The Balaban J connectivity index is 1.91. The molecule has 134 valence electrons. The SMILES string of the molecule is CCCOc1c(I)cc(/C=C2\N=C(c3cccc(Br)c3)OC2=O)cc1I. The molecule has 1 aliphatic heterocycles. The van der Waals surface area contributed by atoms with Gasteiger partial charge in [-0.05, 0) is 93.6 Å². The number of rotatable bonds is 5. The summed E-state index contributed by atoms with van der Waals surface area (Å²) in [4.78, 5) is 16.5. The maximum absolute atomic E-state index is 12.2. The van der Waals surface area contributed by atoms with E-state index in [1.165, 1.54) is 0 Å². The smallest absolute Gasteiger partial charge is 0.363 e. The molecule has 0 bridgehead atoms. The molecule has 0 aliphatic carbocycles. The summed E-state index contributed by atoms with van der Waals surface area (Å²) in [5.74, 6) is 0.744. The second-order valence-electron chi connectivity index (χ2n) is 5.51. The predicted octanol–water partition coefficient (Wildman–Crippen LogP) is 5.79. The number of benzene rings is 2. The van der Waals surface area contributed by atoms with Crippen molar-refractivity contribution >= 4 is 79.1 Å². The summed E-state index contributed by atoms with van der Waals surface area (Å²) in [5.41, 5.74) is 1.92. The number of nitrogens with zero attached hydrogens (tertiary/aromatic N) is 1. The molecule has 0 radical (unpaired) electrons. The minimum Gasteiger partial charge on any atom is -0.491 e. The Morgan fingerprint density at radius 3 is 2.62 bits per heavy atom. The number of hydrogen-bond donors (Lipinski definition) is 0. The Labute approximate surface area is 187 Å². The van der Waals surface area contributed by atoms with Crippen LogP contribution in [0.25, 0.3) is 6.08 Å². The molecule has 3 rings (SSSR count). The van der Waals surface area contributed by atoms with Gasteiger partial charge in [0.1, 0.15) is 5.75 Å². The van der Waals surface area contributed by atoms with Crippen molar-refractivity contribution in [2.24, 2.45) is 4.99 Å². The number of hydrogen-bond acceptors (Lipinski definition) is 4. The summed E-state index contributed by atoms with van der Waals surface area (Å²) in [6, 6.07) is 11.4. The van der Waals surface area contributed by atoms with E-state index in [1.54, 1.807) is 6.08 Å². The van der Waals surface area contributed by atoms with Gasteiger partial charge >= 0.3 is 5.97 Å². The molecule has 7 heteroatoms. The van der Waals surface area contributed by atoms with Crippen molar-refractivity contribution in [1.82, 2.24) is 0 Å². The van der Waals surface area contributed by atoms with Gasteiger partial charge in [-0.2, -0.15) is 0 Å². The van der Waals surface area contributed by atoms with Crippen molar-refractivity contribution in [1.29, 1.82) is 0 Å². The molecule has 0 aromatic heterocycles. The molecule has 0 spiro atoms. The molecule has 4 nitrogen and oxygen atoms in total. The van der Waals surface area contributed by atoms with Crippen LogP contribution in [0.15, 0.2) is 51.6 Å². The molecule has 0 saturated heterocycles. The molecule has 0 unspecified atom stereocenters. The van der Waals surface area contributed by atoms with Crippen LogP contribution in [0.3, 0.4) is 0 Å². The Morgan fingerprint density at radius 2 is 1.96 bits per heavy atom. The van der Waals surface area contributed by atoms with Gasteiger partial charge in [-0.3, -0.25) is 0 Å². The Morgan fingerprint density at radius 1 is 1.23 bits per heavy atom. The van der Waals surface area contributed by atoms with Gasteiger partial charge in [0.15, 0.2) is 5.70 Å². The highest BCUT2D eigenvalue weighted by Crippen LogP contribution is 2.30. The number of halogens is 3. The molecule has 0 amide bonds. The molecule has 0 N–H and O–H groups in total. The largest absolute Gasteiger partial charge is 0.491 e. The predicted molar refractivity (Wildman–Crippen MR) is 122 cm³/mol. The summed E-state index contributed by atoms with van der Waals surface area (Å²) < 4.78 is 14.0. The second-order valence-corrected chi connectivity index (χ2v) is 8.75. The van der Waals surface area contributed by atoms with Gasteiger partial charge in [-0.15, -0.1) is 0 Å². The third-order valence-corrected chi connectivity index (χ3v) is 5.56. The number of carbonyl (C=O) groups is 1. The highest BCUT2D eigenvalue weighted by Gasteiger charge is 2.24.